The molecule has 3 N–H and O–H groups in total. The molecule has 0 bridgehead atoms. The topological polar surface area (TPSA) is 78.7 Å². The van der Waals surface area contributed by atoms with Crippen LogP contribution in [-0.2, 0) is 0 Å². The maximum Gasteiger partial charge on any atom is 0.321 e. The second kappa shape index (κ2) is 8.68. The van der Waals surface area contributed by atoms with Gasteiger partial charge in [0, 0.05) is 42.6 Å². The van der Waals surface area contributed by atoms with Crippen LogP contribution in [0, 0.1) is 0 Å². The molecule has 1 aliphatic heterocycles. The number of hydrogen-bond acceptors (Lipinski definition) is 3. The second-order valence-electron chi connectivity index (χ2n) is 6.74. The summed E-state index contributed by atoms with van der Waals surface area (Å²) in [6.07, 6.45) is 1.88. The van der Waals surface area contributed by atoms with E-state index >= 15 is 0 Å². The van der Waals surface area contributed by atoms with Gasteiger partial charge < -0.3 is 20.9 Å². The molecular formula is C21H26N4O2. The predicted octanol–water partition coefficient (Wildman–Crippen LogP) is 3.31. The van der Waals surface area contributed by atoms with E-state index in [1.807, 2.05) is 37.3 Å². The van der Waals surface area contributed by atoms with Crippen LogP contribution in [0.25, 0.3) is 0 Å². The molecule has 1 aliphatic rings. The largest absolute Gasteiger partial charge is 0.326 e. The Kier molecular flexibility index (Phi) is 6.08. The standard InChI is InChI=1S/C21H26N4O2/c1-2-25(19-8-4-3-5-9-19)20(26)16-10-12-18(13-11-16)23-21(27)24-14-6-7-17(22)15-24/h3-5,8-13,17H,2,6-7,14-15,22H2,1H3,(H,23,27)/t17-/m0/s1. The number of rotatable bonds is 4. The fourth-order valence-corrected chi connectivity index (χ4v) is 3.30. The van der Waals surface area contributed by atoms with Crippen LogP contribution >= 0.6 is 0 Å². The number of hydrogen-bond donors (Lipinski definition) is 2. The molecule has 0 radical (unpaired) electrons. The molecule has 3 rings (SSSR count). The lowest BCUT2D eigenvalue weighted by Crippen LogP contribution is -2.47. The lowest BCUT2D eigenvalue weighted by molar-refractivity contribution is 0.0988. The predicted molar refractivity (Wildman–Crippen MR) is 108 cm³/mol. The maximum atomic E-state index is 12.8. The molecule has 0 spiro atoms. The van der Waals surface area contributed by atoms with Crippen molar-refractivity contribution >= 4 is 23.3 Å². The quantitative estimate of drug-likeness (QED) is 0.871. The third kappa shape index (κ3) is 4.65. The average molecular weight is 366 g/mol. The highest BCUT2D eigenvalue weighted by Gasteiger charge is 2.21. The first-order valence-electron chi connectivity index (χ1n) is 9.37. The third-order valence-corrected chi connectivity index (χ3v) is 4.76. The summed E-state index contributed by atoms with van der Waals surface area (Å²) in [4.78, 5) is 28.6. The zero-order valence-electron chi connectivity index (χ0n) is 15.6. The Morgan fingerprint density at radius 2 is 1.85 bits per heavy atom. The molecule has 2 aromatic carbocycles. The van der Waals surface area contributed by atoms with Gasteiger partial charge in [-0.05, 0) is 56.2 Å². The summed E-state index contributed by atoms with van der Waals surface area (Å²) in [5, 5.41) is 2.88. The number of carbonyl (C=O) groups is 2. The minimum absolute atomic E-state index is 0.0440. The van der Waals surface area contributed by atoms with Gasteiger partial charge in [0.05, 0.1) is 0 Å². The van der Waals surface area contributed by atoms with Gasteiger partial charge in [-0.25, -0.2) is 4.79 Å². The van der Waals surface area contributed by atoms with E-state index in [2.05, 4.69) is 5.32 Å². The van der Waals surface area contributed by atoms with Gasteiger partial charge in [0.15, 0.2) is 0 Å². The molecule has 1 atom stereocenters. The van der Waals surface area contributed by atoms with Gasteiger partial charge in [-0.3, -0.25) is 4.79 Å². The molecule has 1 fully saturated rings. The molecular weight excluding hydrogens is 340 g/mol. The fourth-order valence-electron chi connectivity index (χ4n) is 3.30. The fraction of sp³-hybridized carbons (Fsp3) is 0.333. The zero-order valence-corrected chi connectivity index (χ0v) is 15.6. The number of nitrogens with zero attached hydrogens (tertiary/aromatic N) is 2. The van der Waals surface area contributed by atoms with Crippen LogP contribution < -0.4 is 16.0 Å². The molecule has 6 nitrogen and oxygen atoms in total. The van der Waals surface area contributed by atoms with E-state index < -0.39 is 0 Å². The van der Waals surface area contributed by atoms with Gasteiger partial charge in [-0.15, -0.1) is 0 Å². The molecule has 27 heavy (non-hydrogen) atoms. The lowest BCUT2D eigenvalue weighted by Gasteiger charge is -2.30. The Morgan fingerprint density at radius 1 is 1.15 bits per heavy atom. The van der Waals surface area contributed by atoms with Crippen LogP contribution in [0.1, 0.15) is 30.1 Å². The van der Waals surface area contributed by atoms with Crippen molar-refractivity contribution < 1.29 is 9.59 Å². The molecule has 2 aromatic rings. The van der Waals surface area contributed by atoms with Crippen LogP contribution in [-0.4, -0.2) is 42.5 Å². The minimum Gasteiger partial charge on any atom is -0.326 e. The van der Waals surface area contributed by atoms with E-state index in [0.717, 1.165) is 25.1 Å². The highest BCUT2D eigenvalue weighted by atomic mass is 16.2. The van der Waals surface area contributed by atoms with Crippen LogP contribution in [0.4, 0.5) is 16.2 Å². The van der Waals surface area contributed by atoms with Gasteiger partial charge in [-0.2, -0.15) is 0 Å². The summed E-state index contributed by atoms with van der Waals surface area (Å²) in [7, 11) is 0. The summed E-state index contributed by atoms with van der Waals surface area (Å²) < 4.78 is 0. The summed E-state index contributed by atoms with van der Waals surface area (Å²) in [5.74, 6) is -0.0661. The number of nitrogens with one attached hydrogen (secondary N) is 1. The third-order valence-electron chi connectivity index (χ3n) is 4.76. The molecule has 3 amide bonds. The maximum absolute atomic E-state index is 12.8. The molecule has 0 aromatic heterocycles. The molecule has 1 saturated heterocycles. The minimum atomic E-state index is -0.149. The number of anilines is 2. The van der Waals surface area contributed by atoms with Crippen LogP contribution in [0.2, 0.25) is 0 Å². The van der Waals surface area contributed by atoms with E-state index in [1.165, 1.54) is 0 Å². The smallest absolute Gasteiger partial charge is 0.321 e. The van der Waals surface area contributed by atoms with E-state index in [9.17, 15) is 9.59 Å². The van der Waals surface area contributed by atoms with Crippen molar-refractivity contribution in [1.82, 2.24) is 4.90 Å². The molecule has 0 saturated carbocycles. The number of urea groups is 1. The second-order valence-corrected chi connectivity index (χ2v) is 6.74. The van der Waals surface area contributed by atoms with Crippen molar-refractivity contribution in [2.75, 3.05) is 29.9 Å². The van der Waals surface area contributed by atoms with Crippen molar-refractivity contribution in [2.24, 2.45) is 5.73 Å². The van der Waals surface area contributed by atoms with Crippen molar-refractivity contribution in [2.45, 2.75) is 25.8 Å². The molecule has 0 aliphatic carbocycles. The molecule has 1 heterocycles. The number of carbonyl (C=O) groups excluding carboxylic acids is 2. The lowest BCUT2D eigenvalue weighted by atomic mass is 10.1. The first-order chi connectivity index (χ1) is 13.1. The van der Waals surface area contributed by atoms with Crippen molar-refractivity contribution in [3.8, 4) is 0 Å². The Hall–Kier alpha value is -2.86. The first-order valence-corrected chi connectivity index (χ1v) is 9.37. The van der Waals surface area contributed by atoms with Crippen molar-refractivity contribution in [3.63, 3.8) is 0 Å². The van der Waals surface area contributed by atoms with Crippen LogP contribution in [0.5, 0.6) is 0 Å². The highest BCUT2D eigenvalue weighted by molar-refractivity contribution is 6.06. The van der Waals surface area contributed by atoms with Gasteiger partial charge in [0.25, 0.3) is 5.91 Å². The summed E-state index contributed by atoms with van der Waals surface area (Å²) in [5.41, 5.74) is 8.05. The van der Waals surface area contributed by atoms with E-state index in [-0.39, 0.29) is 18.0 Å². The number of amides is 3. The number of likely N-dealkylation sites (tertiary alicyclic amines) is 1. The summed E-state index contributed by atoms with van der Waals surface area (Å²) in [6.45, 7) is 3.82. The molecule has 6 heteroatoms. The van der Waals surface area contributed by atoms with Crippen molar-refractivity contribution in [1.29, 1.82) is 0 Å². The Bertz CT molecular complexity index is 777. The van der Waals surface area contributed by atoms with Crippen LogP contribution in [0.3, 0.4) is 0 Å². The van der Waals surface area contributed by atoms with Gasteiger partial charge in [-0.1, -0.05) is 18.2 Å². The summed E-state index contributed by atoms with van der Waals surface area (Å²) in [6, 6.07) is 16.5. The van der Waals surface area contributed by atoms with Crippen LogP contribution in [0.15, 0.2) is 54.6 Å². The first kappa shape index (κ1) is 18.9. The van der Waals surface area contributed by atoms with E-state index in [0.29, 0.717) is 24.3 Å². The monoisotopic (exact) mass is 366 g/mol. The average Bonchev–Trinajstić information content (AvgIpc) is 2.70. The van der Waals surface area contributed by atoms with Gasteiger partial charge in [0.2, 0.25) is 0 Å². The normalized spacial score (nSPS) is 16.7. The number of piperidine rings is 1. The number of benzene rings is 2. The summed E-state index contributed by atoms with van der Waals surface area (Å²) >= 11 is 0. The van der Waals surface area contributed by atoms with Crippen molar-refractivity contribution in [3.05, 3.63) is 60.2 Å². The Balaban J connectivity index is 1.66. The van der Waals surface area contributed by atoms with E-state index in [4.69, 9.17) is 5.73 Å². The highest BCUT2D eigenvalue weighted by Crippen LogP contribution is 2.18. The number of para-hydroxylation sites is 1. The molecule has 0 unspecified atom stereocenters. The Labute approximate surface area is 159 Å². The number of nitrogens with two attached hydrogens (primary N) is 1. The zero-order chi connectivity index (χ0) is 19.2. The van der Waals surface area contributed by atoms with E-state index in [1.54, 1.807) is 34.1 Å². The SMILES string of the molecule is CCN(C(=O)c1ccc(NC(=O)N2CCC[C@H](N)C2)cc1)c1ccccc1. The Morgan fingerprint density at radius 3 is 2.48 bits per heavy atom. The molecule has 142 valence electrons. The van der Waals surface area contributed by atoms with Gasteiger partial charge in [0.1, 0.15) is 0 Å². The van der Waals surface area contributed by atoms with Gasteiger partial charge >= 0.3 is 6.03 Å².